The molecule has 0 fully saturated rings. The van der Waals surface area contributed by atoms with Crippen LogP contribution in [0, 0.1) is 0 Å². The minimum Gasteiger partial charge on any atom is -0.480 e. The molecule has 0 bridgehead atoms. The predicted molar refractivity (Wildman–Crippen MR) is 42.2 cm³/mol. The standard InChI is InChI=1S/C5H5ClN2O3S/c6-5-3(7-8-12-5)1-11-2-4(9)10/h1-2H2,(H,9,10). The summed E-state index contributed by atoms with van der Waals surface area (Å²) < 4.78 is 8.72. The first-order valence-electron chi connectivity index (χ1n) is 2.96. The summed E-state index contributed by atoms with van der Waals surface area (Å²) in [5.41, 5.74) is 0.475. The van der Waals surface area contributed by atoms with Crippen molar-refractivity contribution in [2.45, 2.75) is 6.61 Å². The van der Waals surface area contributed by atoms with Crippen molar-refractivity contribution in [1.82, 2.24) is 9.59 Å². The molecule has 66 valence electrons. The molecule has 0 aliphatic rings. The Kier molecular flexibility index (Phi) is 3.39. The Morgan fingerprint density at radius 3 is 3.00 bits per heavy atom. The van der Waals surface area contributed by atoms with Crippen LogP contribution in [0.4, 0.5) is 0 Å². The summed E-state index contributed by atoms with van der Waals surface area (Å²) in [6.07, 6.45) is 0. The first-order valence-corrected chi connectivity index (χ1v) is 4.11. The first-order chi connectivity index (χ1) is 5.70. The number of carbonyl (C=O) groups is 1. The summed E-state index contributed by atoms with van der Waals surface area (Å²) in [5, 5.41) is 11.9. The Bertz CT molecular complexity index is 277. The highest BCUT2D eigenvalue weighted by atomic mass is 35.5. The van der Waals surface area contributed by atoms with Crippen LogP contribution in [0.1, 0.15) is 5.69 Å². The molecule has 0 spiro atoms. The van der Waals surface area contributed by atoms with Gasteiger partial charge in [-0.05, 0) is 0 Å². The van der Waals surface area contributed by atoms with Crippen molar-refractivity contribution in [3.05, 3.63) is 10.0 Å². The molecule has 0 amide bonds. The van der Waals surface area contributed by atoms with Gasteiger partial charge in [-0.2, -0.15) is 0 Å². The molecule has 1 aromatic heterocycles. The second kappa shape index (κ2) is 4.34. The molecule has 0 aromatic carbocycles. The van der Waals surface area contributed by atoms with E-state index in [4.69, 9.17) is 21.4 Å². The van der Waals surface area contributed by atoms with E-state index in [9.17, 15) is 4.79 Å². The van der Waals surface area contributed by atoms with Gasteiger partial charge in [-0.25, -0.2) is 4.79 Å². The molecule has 0 aliphatic heterocycles. The van der Waals surface area contributed by atoms with Gasteiger partial charge in [0.15, 0.2) is 0 Å². The average molecular weight is 209 g/mol. The molecular formula is C5H5ClN2O3S. The maximum absolute atomic E-state index is 10.0. The number of aromatic nitrogens is 2. The number of hydrogen-bond donors (Lipinski definition) is 1. The lowest BCUT2D eigenvalue weighted by atomic mass is 10.5. The zero-order valence-corrected chi connectivity index (χ0v) is 7.43. The number of rotatable bonds is 4. The highest BCUT2D eigenvalue weighted by Gasteiger charge is 2.05. The van der Waals surface area contributed by atoms with Gasteiger partial charge in [-0.3, -0.25) is 0 Å². The van der Waals surface area contributed by atoms with E-state index in [-0.39, 0.29) is 13.2 Å². The van der Waals surface area contributed by atoms with Crippen molar-refractivity contribution < 1.29 is 14.6 Å². The Balaban J connectivity index is 2.33. The number of aliphatic carboxylic acids is 1. The largest absolute Gasteiger partial charge is 0.480 e. The second-order valence-corrected chi connectivity index (χ2v) is 3.24. The molecular weight excluding hydrogens is 204 g/mol. The lowest BCUT2D eigenvalue weighted by Gasteiger charge is -1.96. The summed E-state index contributed by atoms with van der Waals surface area (Å²) in [4.78, 5) is 10.0. The van der Waals surface area contributed by atoms with Crippen molar-refractivity contribution in [1.29, 1.82) is 0 Å². The van der Waals surface area contributed by atoms with Crippen LogP contribution in [0.2, 0.25) is 4.34 Å². The zero-order chi connectivity index (χ0) is 8.97. The lowest BCUT2D eigenvalue weighted by molar-refractivity contribution is -0.142. The Hall–Kier alpha value is -0.720. The molecule has 5 nitrogen and oxygen atoms in total. The molecule has 1 heterocycles. The highest BCUT2D eigenvalue weighted by Crippen LogP contribution is 2.17. The minimum atomic E-state index is -1.02. The van der Waals surface area contributed by atoms with E-state index in [1.807, 2.05) is 0 Å². The summed E-state index contributed by atoms with van der Waals surface area (Å²) in [5.74, 6) is -1.02. The summed E-state index contributed by atoms with van der Waals surface area (Å²) in [7, 11) is 0. The van der Waals surface area contributed by atoms with Crippen LogP contribution in [0.25, 0.3) is 0 Å². The summed E-state index contributed by atoms with van der Waals surface area (Å²) >= 11 is 6.66. The topological polar surface area (TPSA) is 72.3 Å². The molecule has 0 atom stereocenters. The van der Waals surface area contributed by atoms with Crippen molar-refractivity contribution >= 4 is 29.1 Å². The first kappa shape index (κ1) is 9.37. The van der Waals surface area contributed by atoms with Crippen LogP contribution in [-0.4, -0.2) is 27.3 Å². The van der Waals surface area contributed by atoms with E-state index < -0.39 is 5.97 Å². The Morgan fingerprint density at radius 1 is 1.75 bits per heavy atom. The van der Waals surface area contributed by atoms with Crippen LogP contribution in [0.15, 0.2) is 0 Å². The van der Waals surface area contributed by atoms with Gasteiger partial charge in [0.25, 0.3) is 0 Å². The van der Waals surface area contributed by atoms with Gasteiger partial charge in [0.1, 0.15) is 16.6 Å². The molecule has 12 heavy (non-hydrogen) atoms. The van der Waals surface area contributed by atoms with Crippen LogP contribution >= 0.6 is 23.1 Å². The fourth-order valence-corrected chi connectivity index (χ4v) is 1.12. The third-order valence-electron chi connectivity index (χ3n) is 0.974. The number of hydrogen-bond acceptors (Lipinski definition) is 5. The monoisotopic (exact) mass is 208 g/mol. The van der Waals surface area contributed by atoms with Crippen LogP contribution in [-0.2, 0) is 16.1 Å². The normalized spacial score (nSPS) is 10.1. The van der Waals surface area contributed by atoms with Gasteiger partial charge in [0.2, 0.25) is 0 Å². The van der Waals surface area contributed by atoms with Gasteiger partial charge >= 0.3 is 5.97 Å². The van der Waals surface area contributed by atoms with Gasteiger partial charge < -0.3 is 9.84 Å². The van der Waals surface area contributed by atoms with Crippen LogP contribution in [0.3, 0.4) is 0 Å². The van der Waals surface area contributed by atoms with Crippen LogP contribution in [0.5, 0.6) is 0 Å². The van der Waals surface area contributed by atoms with E-state index in [1.165, 1.54) is 0 Å². The van der Waals surface area contributed by atoms with Crippen molar-refractivity contribution in [3.63, 3.8) is 0 Å². The molecule has 7 heteroatoms. The molecule has 0 aliphatic carbocycles. The molecule has 1 N–H and O–H groups in total. The highest BCUT2D eigenvalue weighted by molar-refractivity contribution is 7.10. The van der Waals surface area contributed by atoms with Crippen molar-refractivity contribution in [2.75, 3.05) is 6.61 Å². The summed E-state index contributed by atoms with van der Waals surface area (Å²) in [6, 6.07) is 0. The molecule has 1 rings (SSSR count). The third kappa shape index (κ3) is 2.72. The predicted octanol–water partition coefficient (Wildman–Crippen LogP) is 0.793. The van der Waals surface area contributed by atoms with Gasteiger partial charge in [-0.1, -0.05) is 16.1 Å². The smallest absolute Gasteiger partial charge is 0.329 e. The number of carboxylic acids is 1. The van der Waals surface area contributed by atoms with E-state index in [0.29, 0.717) is 10.0 Å². The van der Waals surface area contributed by atoms with Crippen molar-refractivity contribution in [2.24, 2.45) is 0 Å². The molecule has 0 saturated heterocycles. The van der Waals surface area contributed by atoms with E-state index >= 15 is 0 Å². The zero-order valence-electron chi connectivity index (χ0n) is 5.86. The van der Waals surface area contributed by atoms with Gasteiger partial charge in [0.05, 0.1) is 6.61 Å². The quantitative estimate of drug-likeness (QED) is 0.792. The number of halogens is 1. The fourth-order valence-electron chi connectivity index (χ4n) is 0.518. The fraction of sp³-hybridized carbons (Fsp3) is 0.400. The van der Waals surface area contributed by atoms with E-state index in [0.717, 1.165) is 11.5 Å². The lowest BCUT2D eigenvalue weighted by Crippen LogP contribution is -2.06. The van der Waals surface area contributed by atoms with Gasteiger partial charge in [-0.15, -0.1) is 5.10 Å². The van der Waals surface area contributed by atoms with Crippen molar-refractivity contribution in [3.8, 4) is 0 Å². The number of nitrogens with zero attached hydrogens (tertiary/aromatic N) is 2. The molecule has 0 radical (unpaired) electrons. The number of ether oxygens (including phenoxy) is 1. The maximum Gasteiger partial charge on any atom is 0.329 e. The molecule has 0 unspecified atom stereocenters. The van der Waals surface area contributed by atoms with Crippen LogP contribution < -0.4 is 0 Å². The SMILES string of the molecule is O=C(O)COCc1nnsc1Cl. The Labute approximate surface area is 77.1 Å². The summed E-state index contributed by atoms with van der Waals surface area (Å²) in [6.45, 7) is -0.268. The third-order valence-corrected chi connectivity index (χ3v) is 1.96. The average Bonchev–Trinajstić information content (AvgIpc) is 2.36. The van der Waals surface area contributed by atoms with Gasteiger partial charge in [0, 0.05) is 11.5 Å². The molecule has 1 aromatic rings. The van der Waals surface area contributed by atoms with E-state index in [2.05, 4.69) is 9.59 Å². The number of carboxylic acid groups (broad SMARTS) is 1. The maximum atomic E-state index is 10.0. The second-order valence-electron chi connectivity index (χ2n) is 1.88. The minimum absolute atomic E-state index is 0.0850. The molecule has 0 saturated carbocycles. The Morgan fingerprint density at radius 2 is 2.50 bits per heavy atom. The van der Waals surface area contributed by atoms with E-state index in [1.54, 1.807) is 0 Å².